The quantitative estimate of drug-likeness (QED) is 0.911. The second kappa shape index (κ2) is 5.65. The Morgan fingerprint density at radius 2 is 2.12 bits per heavy atom. The van der Waals surface area contributed by atoms with E-state index in [0.29, 0.717) is 5.56 Å². The number of amides is 1. The number of rotatable bonds is 2. The van der Waals surface area contributed by atoms with Gasteiger partial charge in [0.15, 0.2) is 0 Å². The molecule has 92 valence electrons. The number of carbonyl (C=O) groups excluding carboxylic acids is 1. The Labute approximate surface area is 110 Å². The van der Waals surface area contributed by atoms with Crippen molar-refractivity contribution in [3.63, 3.8) is 0 Å². The lowest BCUT2D eigenvalue weighted by atomic mass is 10.1. The Morgan fingerprint density at radius 3 is 2.82 bits per heavy atom. The van der Waals surface area contributed by atoms with Crippen molar-refractivity contribution in [1.82, 2.24) is 5.32 Å². The second-order valence-electron chi connectivity index (χ2n) is 4.30. The van der Waals surface area contributed by atoms with Gasteiger partial charge in [0.25, 0.3) is 5.91 Å². The van der Waals surface area contributed by atoms with Crippen LogP contribution in [-0.4, -0.2) is 25.2 Å². The van der Waals surface area contributed by atoms with Crippen LogP contribution < -0.4 is 5.32 Å². The minimum absolute atomic E-state index is 0.00697. The standard InChI is InChI=1S/C13H16BrNO2/c1-9-3-2-4-11(12(9)14)13(16)15-10-5-7-17-8-6-10/h2-4,10H,5-8H2,1H3,(H,15,16). The Balaban J connectivity index is 2.06. The van der Waals surface area contributed by atoms with Gasteiger partial charge in [-0.1, -0.05) is 12.1 Å². The van der Waals surface area contributed by atoms with Gasteiger partial charge in [0.2, 0.25) is 0 Å². The maximum Gasteiger partial charge on any atom is 0.252 e. The molecule has 1 fully saturated rings. The number of hydrogen-bond acceptors (Lipinski definition) is 2. The van der Waals surface area contributed by atoms with Gasteiger partial charge in [-0.15, -0.1) is 0 Å². The van der Waals surface area contributed by atoms with Crippen LogP contribution in [0.3, 0.4) is 0 Å². The number of benzene rings is 1. The van der Waals surface area contributed by atoms with Gasteiger partial charge in [0, 0.05) is 23.7 Å². The van der Waals surface area contributed by atoms with Crippen molar-refractivity contribution in [2.75, 3.05) is 13.2 Å². The van der Waals surface area contributed by atoms with E-state index < -0.39 is 0 Å². The molecule has 0 unspecified atom stereocenters. The lowest BCUT2D eigenvalue weighted by Gasteiger charge is -2.23. The van der Waals surface area contributed by atoms with Crippen molar-refractivity contribution in [3.8, 4) is 0 Å². The molecule has 0 radical (unpaired) electrons. The van der Waals surface area contributed by atoms with Gasteiger partial charge in [-0.2, -0.15) is 0 Å². The van der Waals surface area contributed by atoms with Crippen LogP contribution in [0.1, 0.15) is 28.8 Å². The summed E-state index contributed by atoms with van der Waals surface area (Å²) in [5.74, 6) is -0.00697. The van der Waals surface area contributed by atoms with Gasteiger partial charge in [0.05, 0.1) is 5.56 Å². The summed E-state index contributed by atoms with van der Waals surface area (Å²) in [6.45, 7) is 3.45. The summed E-state index contributed by atoms with van der Waals surface area (Å²) >= 11 is 3.46. The average Bonchev–Trinajstić information content (AvgIpc) is 2.34. The van der Waals surface area contributed by atoms with Gasteiger partial charge in [-0.25, -0.2) is 0 Å². The first-order valence-corrected chi connectivity index (χ1v) is 6.61. The first-order valence-electron chi connectivity index (χ1n) is 5.82. The summed E-state index contributed by atoms with van der Waals surface area (Å²) in [7, 11) is 0. The maximum atomic E-state index is 12.1. The van der Waals surface area contributed by atoms with Gasteiger partial charge < -0.3 is 10.1 Å². The fourth-order valence-corrected chi connectivity index (χ4v) is 2.37. The molecule has 1 heterocycles. The molecule has 0 saturated carbocycles. The van der Waals surface area contributed by atoms with Crippen LogP contribution in [0.15, 0.2) is 22.7 Å². The highest BCUT2D eigenvalue weighted by Crippen LogP contribution is 2.21. The Morgan fingerprint density at radius 1 is 1.41 bits per heavy atom. The SMILES string of the molecule is Cc1cccc(C(=O)NC2CCOCC2)c1Br. The van der Waals surface area contributed by atoms with Crippen LogP contribution in [0, 0.1) is 6.92 Å². The van der Waals surface area contributed by atoms with Crippen molar-refractivity contribution in [2.24, 2.45) is 0 Å². The fraction of sp³-hybridized carbons (Fsp3) is 0.462. The van der Waals surface area contributed by atoms with Crippen molar-refractivity contribution in [1.29, 1.82) is 0 Å². The maximum absolute atomic E-state index is 12.1. The Hall–Kier alpha value is -0.870. The van der Waals surface area contributed by atoms with Crippen molar-refractivity contribution >= 4 is 21.8 Å². The molecule has 0 bridgehead atoms. The normalized spacial score (nSPS) is 16.8. The predicted octanol–water partition coefficient (Wildman–Crippen LogP) is 2.67. The van der Waals surface area contributed by atoms with E-state index in [0.717, 1.165) is 36.1 Å². The summed E-state index contributed by atoms with van der Waals surface area (Å²) < 4.78 is 6.15. The van der Waals surface area contributed by atoms with Gasteiger partial charge in [-0.05, 0) is 47.3 Å². The van der Waals surface area contributed by atoms with E-state index in [9.17, 15) is 4.79 Å². The Bertz CT molecular complexity index is 414. The van der Waals surface area contributed by atoms with Crippen molar-refractivity contribution in [2.45, 2.75) is 25.8 Å². The number of carbonyl (C=O) groups is 1. The molecule has 1 amide bonds. The molecular weight excluding hydrogens is 282 g/mol. The lowest BCUT2D eigenvalue weighted by molar-refractivity contribution is 0.0696. The third-order valence-electron chi connectivity index (χ3n) is 2.99. The molecule has 0 aromatic heterocycles. The highest BCUT2D eigenvalue weighted by Gasteiger charge is 2.18. The molecule has 3 nitrogen and oxygen atoms in total. The lowest BCUT2D eigenvalue weighted by Crippen LogP contribution is -2.39. The summed E-state index contributed by atoms with van der Waals surface area (Å²) in [5, 5.41) is 3.05. The number of nitrogens with one attached hydrogen (secondary N) is 1. The summed E-state index contributed by atoms with van der Waals surface area (Å²) in [6, 6.07) is 5.96. The summed E-state index contributed by atoms with van der Waals surface area (Å²) in [6.07, 6.45) is 1.80. The van der Waals surface area contributed by atoms with E-state index in [1.54, 1.807) is 0 Å². The zero-order valence-electron chi connectivity index (χ0n) is 9.83. The molecule has 1 N–H and O–H groups in total. The van der Waals surface area contributed by atoms with E-state index in [1.807, 2.05) is 25.1 Å². The van der Waals surface area contributed by atoms with Crippen LogP contribution in [0.5, 0.6) is 0 Å². The third kappa shape index (κ3) is 3.07. The highest BCUT2D eigenvalue weighted by atomic mass is 79.9. The zero-order chi connectivity index (χ0) is 12.3. The topological polar surface area (TPSA) is 38.3 Å². The second-order valence-corrected chi connectivity index (χ2v) is 5.09. The monoisotopic (exact) mass is 297 g/mol. The van der Waals surface area contributed by atoms with Crippen LogP contribution in [-0.2, 0) is 4.74 Å². The zero-order valence-corrected chi connectivity index (χ0v) is 11.4. The first kappa shape index (κ1) is 12.6. The van der Waals surface area contributed by atoms with E-state index >= 15 is 0 Å². The number of hydrogen-bond donors (Lipinski definition) is 1. The summed E-state index contributed by atoms with van der Waals surface area (Å²) in [5.41, 5.74) is 1.78. The predicted molar refractivity (Wildman–Crippen MR) is 70.2 cm³/mol. The molecular formula is C13H16BrNO2. The molecule has 1 saturated heterocycles. The van der Waals surface area contributed by atoms with Crippen LogP contribution in [0.4, 0.5) is 0 Å². The average molecular weight is 298 g/mol. The number of halogens is 1. The third-order valence-corrected chi connectivity index (χ3v) is 4.05. The van der Waals surface area contributed by atoms with E-state index in [1.165, 1.54) is 0 Å². The molecule has 0 atom stereocenters. The largest absolute Gasteiger partial charge is 0.381 e. The van der Waals surface area contributed by atoms with Gasteiger partial charge >= 0.3 is 0 Å². The minimum Gasteiger partial charge on any atom is -0.381 e. The molecule has 1 aliphatic rings. The molecule has 1 aliphatic heterocycles. The number of ether oxygens (including phenoxy) is 1. The smallest absolute Gasteiger partial charge is 0.252 e. The Kier molecular flexibility index (Phi) is 4.18. The molecule has 1 aromatic carbocycles. The van der Waals surface area contributed by atoms with Crippen LogP contribution in [0.2, 0.25) is 0 Å². The highest BCUT2D eigenvalue weighted by molar-refractivity contribution is 9.10. The summed E-state index contributed by atoms with van der Waals surface area (Å²) in [4.78, 5) is 12.1. The van der Waals surface area contributed by atoms with E-state index in [4.69, 9.17) is 4.74 Å². The molecule has 0 spiro atoms. The van der Waals surface area contributed by atoms with Crippen molar-refractivity contribution in [3.05, 3.63) is 33.8 Å². The minimum atomic E-state index is -0.00697. The fourth-order valence-electron chi connectivity index (χ4n) is 1.93. The van der Waals surface area contributed by atoms with Gasteiger partial charge in [-0.3, -0.25) is 4.79 Å². The van der Waals surface area contributed by atoms with Crippen LogP contribution >= 0.6 is 15.9 Å². The molecule has 4 heteroatoms. The van der Waals surface area contributed by atoms with E-state index in [2.05, 4.69) is 21.2 Å². The molecule has 17 heavy (non-hydrogen) atoms. The molecule has 0 aliphatic carbocycles. The number of aryl methyl sites for hydroxylation is 1. The van der Waals surface area contributed by atoms with E-state index in [-0.39, 0.29) is 11.9 Å². The molecule has 2 rings (SSSR count). The van der Waals surface area contributed by atoms with Gasteiger partial charge in [0.1, 0.15) is 0 Å². The van der Waals surface area contributed by atoms with Crippen molar-refractivity contribution < 1.29 is 9.53 Å². The van der Waals surface area contributed by atoms with Crippen LogP contribution in [0.25, 0.3) is 0 Å². The molecule has 1 aromatic rings. The first-order chi connectivity index (χ1) is 8.18.